The Bertz CT molecular complexity index is 627. The molecule has 0 saturated heterocycles. The van der Waals surface area contributed by atoms with E-state index in [9.17, 15) is 0 Å². The topological polar surface area (TPSA) is 83.2 Å². The van der Waals surface area contributed by atoms with E-state index in [0.717, 1.165) is 64.2 Å². The van der Waals surface area contributed by atoms with Crippen molar-refractivity contribution in [2.24, 2.45) is 13.5 Å². The van der Waals surface area contributed by atoms with Gasteiger partial charge in [0.15, 0.2) is 0 Å². The van der Waals surface area contributed by atoms with Crippen LogP contribution in [-0.2, 0) is 22.6 Å². The first-order chi connectivity index (χ1) is 15.4. The number of hydrogen-bond acceptors (Lipinski definition) is 8. The second-order valence-corrected chi connectivity index (χ2v) is 15.3. The van der Waals surface area contributed by atoms with Gasteiger partial charge in [-0.1, -0.05) is 66.7 Å². The van der Waals surface area contributed by atoms with Crippen molar-refractivity contribution < 1.29 is 22.6 Å². The number of nitrogens with zero attached hydrogens (tertiary/aromatic N) is 3. The molecule has 12 heteroatoms. The maximum Gasteiger partial charge on any atom is 0.348 e. The van der Waals surface area contributed by atoms with E-state index in [2.05, 4.69) is 34.6 Å². The van der Waals surface area contributed by atoms with Crippen molar-refractivity contribution in [1.29, 1.82) is 0 Å². The van der Waals surface area contributed by atoms with Crippen LogP contribution in [0.3, 0.4) is 0 Å². The molecule has 1 heterocycles. The van der Waals surface area contributed by atoms with Gasteiger partial charge in [0, 0.05) is 0 Å². The summed E-state index contributed by atoms with van der Waals surface area (Å²) in [4.78, 5) is 0. The van der Waals surface area contributed by atoms with Gasteiger partial charge >= 0.3 is 22.1 Å². The number of unbranched alkanes of at least 4 members (excludes halogenated alkanes) is 5. The molecule has 0 aromatic heterocycles. The van der Waals surface area contributed by atoms with E-state index in [-0.39, 0.29) is 0 Å². The Hall–Kier alpha value is 0.780. The fourth-order valence-electron chi connectivity index (χ4n) is 2.44. The highest BCUT2D eigenvalue weighted by molar-refractivity contribution is 7.94. The monoisotopic (exact) mass is 535 g/mol. The van der Waals surface area contributed by atoms with E-state index in [4.69, 9.17) is 47.4 Å². The quantitative estimate of drug-likeness (QED) is 0.114. The van der Waals surface area contributed by atoms with Crippen molar-refractivity contribution >= 4 is 33.3 Å². The fraction of sp³-hybridized carbons (Fsp3) is 1.00. The van der Waals surface area contributed by atoms with Gasteiger partial charge in [-0.05, 0) is 43.3 Å². The molecule has 0 saturated carbocycles. The standard InChI is InChI=1S/C20H45ClN3O5P3/c1-6-11-16-25-30(21)22-31(26-17-12-7-2,27-18-13-8-3)24-32(23-30,28-19-14-9-4)29-20-15-10-5/h6-20H2,1-5H3. The number of rotatable bonds is 20. The van der Waals surface area contributed by atoms with Gasteiger partial charge in [-0.15, -0.1) is 4.52 Å². The highest BCUT2D eigenvalue weighted by atomic mass is 35.7. The largest absolute Gasteiger partial charge is 0.348 e. The van der Waals surface area contributed by atoms with Gasteiger partial charge in [0.05, 0.1) is 33.0 Å². The molecule has 8 nitrogen and oxygen atoms in total. The van der Waals surface area contributed by atoms with Crippen molar-refractivity contribution in [3.63, 3.8) is 0 Å². The normalized spacial score (nSPS) is 21.6. The Morgan fingerprint density at radius 2 is 0.781 bits per heavy atom. The van der Waals surface area contributed by atoms with Crippen molar-refractivity contribution in [3.8, 4) is 0 Å². The third-order valence-electron chi connectivity index (χ3n) is 4.46. The Morgan fingerprint density at radius 3 is 1.12 bits per heavy atom. The molecule has 0 aliphatic carbocycles. The van der Waals surface area contributed by atoms with E-state index in [1.54, 1.807) is 0 Å². The molecule has 192 valence electrons. The van der Waals surface area contributed by atoms with Crippen LogP contribution >= 0.6 is 33.3 Å². The molecular formula is C20H45ClN3O5P3. The van der Waals surface area contributed by atoms with Gasteiger partial charge in [-0.2, -0.15) is 9.03 Å². The summed E-state index contributed by atoms with van der Waals surface area (Å²) in [7, 11) is -6.18. The lowest BCUT2D eigenvalue weighted by Crippen LogP contribution is -2.05. The summed E-state index contributed by atoms with van der Waals surface area (Å²) >= 11 is 6.96. The maximum atomic E-state index is 6.96. The first kappa shape index (κ1) is 30.8. The molecule has 0 spiro atoms. The minimum absolute atomic E-state index is 0.467. The molecule has 0 amide bonds. The SMILES string of the molecule is CCCCOP1(Cl)=NP(OCCCC)(OCCCC)=NP(OCCCC)(OCCCC)=N1. The molecule has 1 unspecified atom stereocenters. The summed E-state index contributed by atoms with van der Waals surface area (Å²) < 4.78 is 45.5. The predicted octanol–water partition coefficient (Wildman–Crippen LogP) is 10.2. The Balaban J connectivity index is 3.49. The molecule has 32 heavy (non-hydrogen) atoms. The van der Waals surface area contributed by atoms with Gasteiger partial charge in [0.2, 0.25) is 0 Å². The minimum Gasteiger partial charge on any atom is -0.316 e. The molecule has 1 aliphatic rings. The highest BCUT2D eigenvalue weighted by Gasteiger charge is 2.41. The van der Waals surface area contributed by atoms with Crippen LogP contribution in [0, 0.1) is 0 Å². The molecule has 0 radical (unpaired) electrons. The van der Waals surface area contributed by atoms with Crippen molar-refractivity contribution in [2.45, 2.75) is 98.8 Å². The minimum atomic E-state index is -3.10. The average molecular weight is 536 g/mol. The molecule has 0 aromatic rings. The summed E-state index contributed by atoms with van der Waals surface area (Å²) in [5.74, 6) is 0. The lowest BCUT2D eigenvalue weighted by atomic mass is 10.4. The van der Waals surface area contributed by atoms with Crippen LogP contribution < -0.4 is 0 Å². The van der Waals surface area contributed by atoms with E-state index in [1.165, 1.54) is 0 Å². The summed E-state index contributed by atoms with van der Waals surface area (Å²) in [6.45, 7) is 9.86. The van der Waals surface area contributed by atoms with Crippen molar-refractivity contribution in [1.82, 2.24) is 0 Å². The van der Waals surface area contributed by atoms with E-state index in [0.29, 0.717) is 33.0 Å². The molecule has 1 atom stereocenters. The Morgan fingerprint density at radius 1 is 0.469 bits per heavy atom. The van der Waals surface area contributed by atoms with Crippen LogP contribution in [0.4, 0.5) is 0 Å². The van der Waals surface area contributed by atoms with Crippen LogP contribution in [0.15, 0.2) is 13.5 Å². The van der Waals surface area contributed by atoms with Crippen LogP contribution in [0.5, 0.6) is 0 Å². The molecule has 0 bridgehead atoms. The first-order valence-corrected chi connectivity index (χ1v) is 17.8. The summed E-state index contributed by atoms with van der Waals surface area (Å²) in [6, 6.07) is 0. The Labute approximate surface area is 201 Å². The summed E-state index contributed by atoms with van der Waals surface area (Å²) in [5, 5.41) is 0. The summed E-state index contributed by atoms with van der Waals surface area (Å²) in [6.07, 6.45) is 9.35. The molecule has 0 aromatic carbocycles. The van der Waals surface area contributed by atoms with E-state index in [1.807, 2.05) is 0 Å². The second kappa shape index (κ2) is 17.2. The van der Waals surface area contributed by atoms with Gasteiger partial charge in [-0.3, -0.25) is 0 Å². The summed E-state index contributed by atoms with van der Waals surface area (Å²) in [5.41, 5.74) is 0. The predicted molar refractivity (Wildman–Crippen MR) is 138 cm³/mol. The van der Waals surface area contributed by atoms with Crippen LogP contribution in [0.25, 0.3) is 0 Å². The molecule has 0 fully saturated rings. The maximum absolute atomic E-state index is 6.96. The van der Waals surface area contributed by atoms with Gasteiger partial charge < -0.3 is 22.6 Å². The van der Waals surface area contributed by atoms with Crippen LogP contribution in [0.2, 0.25) is 0 Å². The highest BCUT2D eigenvalue weighted by Crippen LogP contribution is 2.81. The van der Waals surface area contributed by atoms with E-state index < -0.39 is 22.1 Å². The lowest BCUT2D eigenvalue weighted by molar-refractivity contribution is 0.221. The zero-order valence-electron chi connectivity index (χ0n) is 20.7. The van der Waals surface area contributed by atoms with Crippen LogP contribution in [-0.4, -0.2) is 33.0 Å². The van der Waals surface area contributed by atoms with Gasteiger partial charge in [-0.25, -0.2) is 0 Å². The fourth-order valence-corrected chi connectivity index (χ4v) is 13.0. The number of halogens is 1. The molecule has 0 N–H and O–H groups in total. The molecular weight excluding hydrogens is 491 g/mol. The van der Waals surface area contributed by atoms with Crippen molar-refractivity contribution in [3.05, 3.63) is 0 Å². The third-order valence-corrected chi connectivity index (χ3v) is 13.9. The average Bonchev–Trinajstić information content (AvgIpc) is 2.74. The third kappa shape index (κ3) is 11.5. The molecule has 1 aliphatic heterocycles. The van der Waals surface area contributed by atoms with Crippen molar-refractivity contribution in [2.75, 3.05) is 33.0 Å². The van der Waals surface area contributed by atoms with Crippen LogP contribution in [0.1, 0.15) is 98.8 Å². The Kier molecular flexibility index (Phi) is 16.6. The zero-order valence-corrected chi connectivity index (χ0v) is 24.1. The first-order valence-electron chi connectivity index (χ1n) is 12.3. The van der Waals surface area contributed by atoms with Gasteiger partial charge in [0.1, 0.15) is 0 Å². The zero-order chi connectivity index (χ0) is 23.8. The number of hydrogen-bond donors (Lipinski definition) is 0. The lowest BCUT2D eigenvalue weighted by Gasteiger charge is -2.31. The van der Waals surface area contributed by atoms with Gasteiger partial charge in [0.25, 0.3) is 0 Å². The molecule has 1 rings (SSSR count). The van der Waals surface area contributed by atoms with E-state index >= 15 is 0 Å². The second-order valence-electron chi connectivity index (χ2n) is 7.66. The smallest absolute Gasteiger partial charge is 0.316 e.